The van der Waals surface area contributed by atoms with Gasteiger partial charge in [0.25, 0.3) is 5.91 Å². The van der Waals surface area contributed by atoms with Gasteiger partial charge < -0.3 is 15.4 Å². The van der Waals surface area contributed by atoms with Crippen LogP contribution in [-0.4, -0.2) is 30.0 Å². The Bertz CT molecular complexity index is 499. The Morgan fingerprint density at radius 3 is 2.57 bits per heavy atom. The Labute approximate surface area is 125 Å². The van der Waals surface area contributed by atoms with Gasteiger partial charge in [0.1, 0.15) is 11.6 Å². The highest BCUT2D eigenvalue weighted by molar-refractivity contribution is 5.81. The molecule has 0 spiro atoms. The molecular weight excluding hydrogens is 271 g/mol. The van der Waals surface area contributed by atoms with Gasteiger partial charge in [-0.1, -0.05) is 0 Å². The van der Waals surface area contributed by atoms with Crippen molar-refractivity contribution in [1.29, 1.82) is 0 Å². The van der Waals surface area contributed by atoms with Crippen molar-refractivity contribution < 1.29 is 13.9 Å². The normalized spacial score (nSPS) is 18.2. The number of nitrogens with two attached hydrogens (primary N) is 1. The number of halogens is 1. The Morgan fingerprint density at radius 2 is 1.95 bits per heavy atom. The third kappa shape index (κ3) is 3.94. The van der Waals surface area contributed by atoms with Crippen LogP contribution in [0.15, 0.2) is 18.2 Å². The lowest BCUT2D eigenvalue weighted by molar-refractivity contribution is -0.138. The van der Waals surface area contributed by atoms with Gasteiger partial charge in [-0.15, -0.1) is 0 Å². The Morgan fingerprint density at radius 1 is 1.29 bits per heavy atom. The van der Waals surface area contributed by atoms with Crippen LogP contribution in [0.5, 0.6) is 5.75 Å². The molecule has 1 heterocycles. The number of benzene rings is 1. The molecule has 1 aliphatic heterocycles. The molecule has 2 atom stereocenters. The summed E-state index contributed by atoms with van der Waals surface area (Å²) in [6.45, 7) is 5.07. The second-order valence-electron chi connectivity index (χ2n) is 5.62. The second-order valence-corrected chi connectivity index (χ2v) is 5.62. The van der Waals surface area contributed by atoms with Gasteiger partial charge in [-0.2, -0.15) is 0 Å². The lowest BCUT2D eigenvalue weighted by Crippen LogP contribution is -2.43. The van der Waals surface area contributed by atoms with E-state index in [1.807, 2.05) is 4.90 Å². The van der Waals surface area contributed by atoms with Crippen molar-refractivity contribution in [2.45, 2.75) is 45.3 Å². The SMILES string of the molecule is CC(Oc1ccc(F)cc1[C@@H](C)N)C(=O)N1CCCCC1. The molecule has 1 saturated heterocycles. The third-order valence-corrected chi connectivity index (χ3v) is 3.78. The number of rotatable bonds is 4. The number of hydrogen-bond donors (Lipinski definition) is 1. The van der Waals surface area contributed by atoms with Gasteiger partial charge in [-0.3, -0.25) is 4.79 Å². The summed E-state index contributed by atoms with van der Waals surface area (Å²) in [5, 5.41) is 0. The highest BCUT2D eigenvalue weighted by atomic mass is 19.1. The number of piperidine rings is 1. The lowest BCUT2D eigenvalue weighted by atomic mass is 10.1. The molecule has 2 N–H and O–H groups in total. The second kappa shape index (κ2) is 6.89. The van der Waals surface area contributed by atoms with Crippen molar-refractivity contribution in [3.8, 4) is 5.75 Å². The molecule has 0 aliphatic carbocycles. The monoisotopic (exact) mass is 294 g/mol. The zero-order valence-corrected chi connectivity index (χ0v) is 12.6. The third-order valence-electron chi connectivity index (χ3n) is 3.78. The molecule has 1 aromatic carbocycles. The summed E-state index contributed by atoms with van der Waals surface area (Å²) < 4.78 is 19.0. The van der Waals surface area contributed by atoms with Crippen LogP contribution in [0.2, 0.25) is 0 Å². The van der Waals surface area contributed by atoms with Crippen LogP contribution in [0.25, 0.3) is 0 Å². The first kappa shape index (κ1) is 15.8. The number of hydrogen-bond acceptors (Lipinski definition) is 3. The van der Waals surface area contributed by atoms with Crippen LogP contribution in [0, 0.1) is 5.82 Å². The van der Waals surface area contributed by atoms with Crippen LogP contribution in [0.4, 0.5) is 4.39 Å². The standard InChI is InChI=1S/C16H23FN2O2/c1-11(18)14-10-13(17)6-7-15(14)21-12(2)16(20)19-8-4-3-5-9-19/h6-7,10-12H,3-5,8-9,18H2,1-2H3/t11-,12?/m1/s1. The summed E-state index contributed by atoms with van der Waals surface area (Å²) in [7, 11) is 0. The molecule has 1 amide bonds. The average Bonchev–Trinajstić information content (AvgIpc) is 2.49. The summed E-state index contributed by atoms with van der Waals surface area (Å²) >= 11 is 0. The van der Waals surface area contributed by atoms with Crippen LogP contribution >= 0.6 is 0 Å². The molecule has 2 rings (SSSR count). The number of amides is 1. The molecule has 0 radical (unpaired) electrons. The molecule has 0 saturated carbocycles. The molecule has 5 heteroatoms. The summed E-state index contributed by atoms with van der Waals surface area (Å²) in [4.78, 5) is 14.2. The number of carbonyl (C=O) groups is 1. The average molecular weight is 294 g/mol. The largest absolute Gasteiger partial charge is 0.481 e. The number of ether oxygens (including phenoxy) is 1. The minimum absolute atomic E-state index is 0.0188. The fraction of sp³-hybridized carbons (Fsp3) is 0.562. The smallest absolute Gasteiger partial charge is 0.263 e. The molecule has 1 fully saturated rings. The minimum atomic E-state index is -0.592. The molecule has 1 aromatic rings. The van der Waals surface area contributed by atoms with Gasteiger partial charge in [-0.25, -0.2) is 4.39 Å². The topological polar surface area (TPSA) is 55.6 Å². The van der Waals surface area contributed by atoms with Crippen LogP contribution < -0.4 is 10.5 Å². The Hall–Kier alpha value is -1.62. The summed E-state index contributed by atoms with van der Waals surface area (Å²) in [6, 6.07) is 3.86. The summed E-state index contributed by atoms with van der Waals surface area (Å²) in [5.74, 6) is 0.101. The predicted molar refractivity (Wildman–Crippen MR) is 79.5 cm³/mol. The lowest BCUT2D eigenvalue weighted by Gasteiger charge is -2.29. The van der Waals surface area contributed by atoms with E-state index in [1.54, 1.807) is 13.8 Å². The van der Waals surface area contributed by atoms with Crippen molar-refractivity contribution in [1.82, 2.24) is 4.90 Å². The van der Waals surface area contributed by atoms with E-state index >= 15 is 0 Å². The van der Waals surface area contributed by atoms with Gasteiger partial charge >= 0.3 is 0 Å². The van der Waals surface area contributed by atoms with Crippen molar-refractivity contribution >= 4 is 5.91 Å². The van der Waals surface area contributed by atoms with E-state index in [-0.39, 0.29) is 17.8 Å². The van der Waals surface area contributed by atoms with E-state index in [0.29, 0.717) is 11.3 Å². The molecule has 4 nitrogen and oxygen atoms in total. The maximum atomic E-state index is 13.3. The highest BCUT2D eigenvalue weighted by Gasteiger charge is 2.24. The highest BCUT2D eigenvalue weighted by Crippen LogP contribution is 2.26. The molecule has 21 heavy (non-hydrogen) atoms. The Balaban J connectivity index is 2.08. The van der Waals surface area contributed by atoms with Crippen LogP contribution in [-0.2, 0) is 4.79 Å². The van der Waals surface area contributed by atoms with Gasteiger partial charge in [-0.05, 0) is 51.3 Å². The maximum absolute atomic E-state index is 13.3. The van der Waals surface area contributed by atoms with Gasteiger partial charge in [0.05, 0.1) is 0 Å². The minimum Gasteiger partial charge on any atom is -0.481 e. The molecule has 0 aromatic heterocycles. The molecule has 1 unspecified atom stereocenters. The molecule has 0 bridgehead atoms. The zero-order chi connectivity index (χ0) is 15.4. The van der Waals surface area contributed by atoms with E-state index < -0.39 is 6.10 Å². The number of nitrogens with zero attached hydrogens (tertiary/aromatic N) is 1. The van der Waals surface area contributed by atoms with Crippen molar-refractivity contribution in [3.63, 3.8) is 0 Å². The first-order valence-electron chi connectivity index (χ1n) is 7.49. The van der Waals surface area contributed by atoms with E-state index in [1.165, 1.54) is 24.6 Å². The van der Waals surface area contributed by atoms with Gasteiger partial charge in [0, 0.05) is 24.7 Å². The van der Waals surface area contributed by atoms with Crippen molar-refractivity contribution in [3.05, 3.63) is 29.6 Å². The predicted octanol–water partition coefficient (Wildman–Crippen LogP) is 2.63. The maximum Gasteiger partial charge on any atom is 0.263 e. The van der Waals surface area contributed by atoms with Crippen LogP contribution in [0.1, 0.15) is 44.7 Å². The first-order chi connectivity index (χ1) is 9.99. The molecule has 116 valence electrons. The Kier molecular flexibility index (Phi) is 5.17. The number of likely N-dealkylation sites (tertiary alicyclic amines) is 1. The van der Waals surface area contributed by atoms with Gasteiger partial charge in [0.2, 0.25) is 0 Å². The van der Waals surface area contributed by atoms with E-state index in [4.69, 9.17) is 10.5 Å². The fourth-order valence-electron chi connectivity index (χ4n) is 2.59. The van der Waals surface area contributed by atoms with Crippen molar-refractivity contribution in [2.24, 2.45) is 5.73 Å². The van der Waals surface area contributed by atoms with E-state index in [0.717, 1.165) is 25.9 Å². The van der Waals surface area contributed by atoms with Crippen molar-refractivity contribution in [2.75, 3.05) is 13.1 Å². The molecular formula is C16H23FN2O2. The summed E-state index contributed by atoms with van der Waals surface area (Å²) in [6.07, 6.45) is 2.66. The number of carbonyl (C=O) groups excluding carboxylic acids is 1. The first-order valence-corrected chi connectivity index (χ1v) is 7.49. The van der Waals surface area contributed by atoms with Gasteiger partial charge in [0.15, 0.2) is 6.10 Å². The zero-order valence-electron chi connectivity index (χ0n) is 12.6. The molecule has 1 aliphatic rings. The fourth-order valence-corrected chi connectivity index (χ4v) is 2.59. The van der Waals surface area contributed by atoms with E-state index in [9.17, 15) is 9.18 Å². The summed E-state index contributed by atoms with van der Waals surface area (Å²) in [5.41, 5.74) is 6.41. The van der Waals surface area contributed by atoms with Crippen LogP contribution in [0.3, 0.4) is 0 Å². The van der Waals surface area contributed by atoms with E-state index in [2.05, 4.69) is 0 Å². The quantitative estimate of drug-likeness (QED) is 0.928.